The summed E-state index contributed by atoms with van der Waals surface area (Å²) in [4.78, 5) is 12.1. The summed E-state index contributed by atoms with van der Waals surface area (Å²) < 4.78 is 52.2. The van der Waals surface area contributed by atoms with Crippen LogP contribution in [0.4, 0.5) is 28.9 Å². The summed E-state index contributed by atoms with van der Waals surface area (Å²) in [7, 11) is 0. The molecule has 0 spiro atoms. The van der Waals surface area contributed by atoms with Crippen molar-refractivity contribution in [1.82, 2.24) is 0 Å². The molecule has 0 aliphatic carbocycles. The Hall–Kier alpha value is -2.57. The maximum atomic E-state index is 14.4. The maximum absolute atomic E-state index is 14.4. The van der Waals surface area contributed by atoms with Crippen molar-refractivity contribution >= 4 is 17.3 Å². The van der Waals surface area contributed by atoms with Crippen LogP contribution in [0, 0.1) is 5.82 Å². The molecule has 0 aliphatic rings. The van der Waals surface area contributed by atoms with E-state index in [1.807, 2.05) is 0 Å². The molecule has 0 saturated heterocycles. The molecule has 0 unspecified atom stereocenters. The van der Waals surface area contributed by atoms with Gasteiger partial charge in [0, 0.05) is 18.7 Å². The summed E-state index contributed by atoms with van der Waals surface area (Å²) in [6, 6.07) is 9.06. The Kier molecular flexibility index (Phi) is 11.2. The SMILES string of the molecule is CCCCCCCCCCCC(=O)Nc1ccc(NCc2ccc(C(F)(F)F)cc2)c(F)c1. The fourth-order valence-electron chi connectivity index (χ4n) is 3.56. The van der Waals surface area contributed by atoms with E-state index in [0.29, 0.717) is 17.7 Å². The van der Waals surface area contributed by atoms with Crippen molar-refractivity contribution in [2.45, 2.75) is 83.9 Å². The fourth-order valence-corrected chi connectivity index (χ4v) is 3.56. The first-order chi connectivity index (χ1) is 15.8. The van der Waals surface area contributed by atoms with Gasteiger partial charge < -0.3 is 10.6 Å². The normalized spacial score (nSPS) is 11.4. The molecule has 0 bridgehead atoms. The number of hydrogen-bond acceptors (Lipinski definition) is 2. The highest BCUT2D eigenvalue weighted by atomic mass is 19.4. The summed E-state index contributed by atoms with van der Waals surface area (Å²) >= 11 is 0. The van der Waals surface area contributed by atoms with Crippen LogP contribution in [0.5, 0.6) is 0 Å². The minimum absolute atomic E-state index is 0.136. The predicted octanol–water partition coefficient (Wildman–Crippen LogP) is 8.32. The number of halogens is 4. The number of amides is 1. The molecule has 0 radical (unpaired) electrons. The fraction of sp³-hybridized carbons (Fsp3) is 0.500. The second-order valence-corrected chi connectivity index (χ2v) is 8.37. The molecule has 3 nitrogen and oxygen atoms in total. The molecule has 2 aromatic carbocycles. The minimum atomic E-state index is -4.38. The quantitative estimate of drug-likeness (QED) is 0.217. The molecule has 2 N–H and O–H groups in total. The Balaban J connectivity index is 1.69. The second-order valence-electron chi connectivity index (χ2n) is 8.37. The zero-order chi connectivity index (χ0) is 24.1. The molecule has 0 aromatic heterocycles. The van der Waals surface area contributed by atoms with E-state index in [-0.39, 0.29) is 18.1 Å². The molecule has 0 saturated carbocycles. The van der Waals surface area contributed by atoms with Crippen LogP contribution in [0.3, 0.4) is 0 Å². The first kappa shape index (κ1) is 26.7. The van der Waals surface area contributed by atoms with E-state index in [1.165, 1.54) is 62.8 Å². The van der Waals surface area contributed by atoms with Gasteiger partial charge >= 0.3 is 6.18 Å². The van der Waals surface area contributed by atoms with Gasteiger partial charge in [0.25, 0.3) is 0 Å². The number of carbonyl (C=O) groups is 1. The van der Waals surface area contributed by atoms with Crippen molar-refractivity contribution in [2.24, 2.45) is 0 Å². The van der Waals surface area contributed by atoms with Gasteiger partial charge in [0.2, 0.25) is 5.91 Å². The van der Waals surface area contributed by atoms with Crippen molar-refractivity contribution in [3.05, 3.63) is 59.4 Å². The van der Waals surface area contributed by atoms with Crippen LogP contribution >= 0.6 is 0 Å². The maximum Gasteiger partial charge on any atom is 0.416 e. The van der Waals surface area contributed by atoms with E-state index < -0.39 is 17.6 Å². The Morgan fingerprint density at radius 3 is 2.03 bits per heavy atom. The summed E-state index contributed by atoms with van der Waals surface area (Å²) in [5.41, 5.74) is 0.473. The number of carbonyl (C=O) groups excluding carboxylic acids is 1. The van der Waals surface area contributed by atoms with Crippen molar-refractivity contribution < 1.29 is 22.4 Å². The summed E-state index contributed by atoms with van der Waals surface area (Å²) in [6.45, 7) is 2.39. The van der Waals surface area contributed by atoms with Crippen LogP contribution < -0.4 is 10.6 Å². The van der Waals surface area contributed by atoms with E-state index in [0.717, 1.165) is 31.4 Å². The highest BCUT2D eigenvalue weighted by Gasteiger charge is 2.29. The third kappa shape index (κ3) is 10.3. The molecule has 0 aliphatic heterocycles. The number of unbranched alkanes of at least 4 members (excludes halogenated alkanes) is 8. The molecule has 33 heavy (non-hydrogen) atoms. The Morgan fingerprint density at radius 2 is 1.45 bits per heavy atom. The first-order valence-corrected chi connectivity index (χ1v) is 11.8. The van der Waals surface area contributed by atoms with Crippen molar-refractivity contribution in [3.8, 4) is 0 Å². The van der Waals surface area contributed by atoms with Crippen LogP contribution in [-0.2, 0) is 17.5 Å². The smallest absolute Gasteiger partial charge is 0.379 e. The van der Waals surface area contributed by atoms with E-state index in [9.17, 15) is 22.4 Å². The lowest BCUT2D eigenvalue weighted by molar-refractivity contribution is -0.137. The number of rotatable bonds is 14. The van der Waals surface area contributed by atoms with Crippen LogP contribution in [0.1, 0.15) is 82.3 Å². The Bertz CT molecular complexity index is 850. The molecule has 0 fully saturated rings. The monoisotopic (exact) mass is 466 g/mol. The lowest BCUT2D eigenvalue weighted by Gasteiger charge is -2.11. The third-order valence-corrected chi connectivity index (χ3v) is 5.52. The molecule has 2 rings (SSSR count). The van der Waals surface area contributed by atoms with Crippen molar-refractivity contribution in [2.75, 3.05) is 10.6 Å². The van der Waals surface area contributed by atoms with Crippen LogP contribution in [-0.4, -0.2) is 5.91 Å². The van der Waals surface area contributed by atoms with E-state index in [2.05, 4.69) is 17.6 Å². The molecule has 0 heterocycles. The number of anilines is 2. The molecular formula is C26H34F4N2O. The zero-order valence-electron chi connectivity index (χ0n) is 19.2. The van der Waals surface area contributed by atoms with Gasteiger partial charge in [0.05, 0.1) is 11.3 Å². The molecule has 1 amide bonds. The second kappa shape index (κ2) is 13.9. The molecule has 182 valence electrons. The lowest BCUT2D eigenvalue weighted by atomic mass is 10.1. The molecule has 0 atom stereocenters. The molecule has 7 heteroatoms. The Morgan fingerprint density at radius 1 is 0.848 bits per heavy atom. The highest BCUT2D eigenvalue weighted by molar-refractivity contribution is 5.90. The predicted molar refractivity (Wildman–Crippen MR) is 126 cm³/mol. The Labute approximate surface area is 194 Å². The average molecular weight is 467 g/mol. The number of nitrogens with one attached hydrogen (secondary N) is 2. The van der Waals surface area contributed by atoms with Gasteiger partial charge in [-0.25, -0.2) is 4.39 Å². The van der Waals surface area contributed by atoms with Crippen LogP contribution in [0.25, 0.3) is 0 Å². The van der Waals surface area contributed by atoms with Gasteiger partial charge in [0.15, 0.2) is 0 Å². The first-order valence-electron chi connectivity index (χ1n) is 11.8. The minimum Gasteiger partial charge on any atom is -0.379 e. The van der Waals surface area contributed by atoms with Gasteiger partial charge in [0.1, 0.15) is 5.82 Å². The van der Waals surface area contributed by atoms with Crippen molar-refractivity contribution in [1.29, 1.82) is 0 Å². The van der Waals surface area contributed by atoms with E-state index in [4.69, 9.17) is 0 Å². The van der Waals surface area contributed by atoms with Crippen LogP contribution in [0.2, 0.25) is 0 Å². The summed E-state index contributed by atoms with van der Waals surface area (Å²) in [5, 5.41) is 5.58. The van der Waals surface area contributed by atoms with Crippen molar-refractivity contribution in [3.63, 3.8) is 0 Å². The third-order valence-electron chi connectivity index (χ3n) is 5.52. The molecular weight excluding hydrogens is 432 g/mol. The van der Waals surface area contributed by atoms with Crippen LogP contribution in [0.15, 0.2) is 42.5 Å². The van der Waals surface area contributed by atoms with Gasteiger partial charge in [-0.1, -0.05) is 70.4 Å². The summed E-state index contributed by atoms with van der Waals surface area (Å²) in [5.74, 6) is -0.675. The lowest BCUT2D eigenvalue weighted by Crippen LogP contribution is -2.11. The number of hydrogen-bond donors (Lipinski definition) is 2. The topological polar surface area (TPSA) is 41.1 Å². The average Bonchev–Trinajstić information content (AvgIpc) is 2.77. The molecule has 2 aromatic rings. The van der Waals surface area contributed by atoms with E-state index >= 15 is 0 Å². The van der Waals surface area contributed by atoms with Gasteiger partial charge in [-0.15, -0.1) is 0 Å². The van der Waals surface area contributed by atoms with E-state index in [1.54, 1.807) is 6.07 Å². The van der Waals surface area contributed by atoms with Gasteiger partial charge in [-0.05, 0) is 42.3 Å². The van der Waals surface area contributed by atoms with Gasteiger partial charge in [-0.2, -0.15) is 13.2 Å². The number of benzene rings is 2. The largest absolute Gasteiger partial charge is 0.416 e. The van der Waals surface area contributed by atoms with Gasteiger partial charge in [-0.3, -0.25) is 4.79 Å². The standard InChI is InChI=1S/C26H34F4N2O/c1-2-3-4-5-6-7-8-9-10-11-25(33)32-22-16-17-24(23(27)18-22)31-19-20-12-14-21(15-13-20)26(28,29)30/h12-18,31H,2-11,19H2,1H3,(H,32,33). The highest BCUT2D eigenvalue weighted by Crippen LogP contribution is 2.29. The zero-order valence-corrected chi connectivity index (χ0v) is 19.2. The number of alkyl halides is 3. The summed E-state index contributed by atoms with van der Waals surface area (Å²) in [6.07, 6.45) is 6.59.